The second-order valence-corrected chi connectivity index (χ2v) is 8.20. The molecule has 0 spiro atoms. The van der Waals surface area contributed by atoms with E-state index in [2.05, 4.69) is 5.32 Å². The van der Waals surface area contributed by atoms with Gasteiger partial charge in [-0.15, -0.1) is 0 Å². The molecule has 0 unspecified atom stereocenters. The minimum atomic E-state index is -4.04. The van der Waals surface area contributed by atoms with Crippen LogP contribution >= 0.6 is 0 Å². The summed E-state index contributed by atoms with van der Waals surface area (Å²) >= 11 is 0. The Bertz CT molecular complexity index is 1090. The molecule has 1 N–H and O–H groups in total. The number of nitrogens with zero attached hydrogens (tertiary/aromatic N) is 1. The second-order valence-electron chi connectivity index (χ2n) is 6.68. The number of carbonyl (C=O) groups excluding carboxylic acids is 3. The maximum atomic E-state index is 12.5. The predicted octanol–water partition coefficient (Wildman–Crippen LogP) is 1.78. The number of carbonyl (C=O) groups is 3. The van der Waals surface area contributed by atoms with Crippen LogP contribution in [0.25, 0.3) is 0 Å². The molecule has 3 amide bonds. The first-order chi connectivity index (χ1) is 14.2. The number of imide groups is 1. The Morgan fingerprint density at radius 2 is 1.80 bits per heavy atom. The molecular formula is C20H20N2O7S. The van der Waals surface area contributed by atoms with Crippen molar-refractivity contribution < 1.29 is 31.7 Å². The Kier molecular flexibility index (Phi) is 6.06. The third-order valence-electron chi connectivity index (χ3n) is 4.39. The van der Waals surface area contributed by atoms with Crippen LogP contribution in [0.5, 0.6) is 5.75 Å². The van der Waals surface area contributed by atoms with Crippen LogP contribution in [0.2, 0.25) is 0 Å². The molecule has 0 bridgehead atoms. The van der Waals surface area contributed by atoms with E-state index in [9.17, 15) is 22.8 Å². The Morgan fingerprint density at radius 1 is 1.10 bits per heavy atom. The normalized spacial score (nSPS) is 13.7. The zero-order valence-electron chi connectivity index (χ0n) is 16.4. The Labute approximate surface area is 173 Å². The molecule has 1 heterocycles. The van der Waals surface area contributed by atoms with Crippen LogP contribution in [0, 0.1) is 13.8 Å². The molecular weight excluding hydrogens is 412 g/mol. The molecule has 0 aliphatic carbocycles. The quantitative estimate of drug-likeness (QED) is 0.546. The first-order valence-corrected chi connectivity index (χ1v) is 10.5. The lowest BCUT2D eigenvalue weighted by atomic mass is 10.2. The molecule has 2 aromatic rings. The highest BCUT2D eigenvalue weighted by Gasteiger charge is 2.27. The van der Waals surface area contributed by atoms with Gasteiger partial charge in [-0.1, -0.05) is 12.1 Å². The van der Waals surface area contributed by atoms with E-state index in [4.69, 9.17) is 8.92 Å². The van der Waals surface area contributed by atoms with Gasteiger partial charge in [0.1, 0.15) is 10.6 Å². The van der Waals surface area contributed by atoms with E-state index in [0.717, 1.165) is 10.5 Å². The highest BCUT2D eigenvalue weighted by Crippen LogP contribution is 2.23. The number of benzene rings is 2. The van der Waals surface area contributed by atoms with Crippen LogP contribution < -0.4 is 9.50 Å². The van der Waals surface area contributed by atoms with E-state index in [-0.39, 0.29) is 22.8 Å². The summed E-state index contributed by atoms with van der Waals surface area (Å²) in [5, 5.41) is 2.48. The number of urea groups is 1. The van der Waals surface area contributed by atoms with Gasteiger partial charge < -0.3 is 14.2 Å². The van der Waals surface area contributed by atoms with Crippen molar-refractivity contribution in [2.75, 3.05) is 19.7 Å². The standard InChI is InChI=1S/C20H20N2O7S/c1-13-3-4-14(2)17(11-13)30(26,27)29-16-7-5-15(6-8-16)19(24)28-12-18(23)22-10-9-21-20(22)25/h3-8,11H,9-10,12H2,1-2H3,(H,21,25). The summed E-state index contributed by atoms with van der Waals surface area (Å²) in [6.45, 7) is 3.44. The molecule has 2 aromatic carbocycles. The van der Waals surface area contributed by atoms with Crippen molar-refractivity contribution in [2.24, 2.45) is 0 Å². The van der Waals surface area contributed by atoms with E-state index in [1.807, 2.05) is 0 Å². The lowest BCUT2D eigenvalue weighted by Gasteiger charge is -2.12. The largest absolute Gasteiger partial charge is 0.452 e. The summed E-state index contributed by atoms with van der Waals surface area (Å²) in [6.07, 6.45) is 0. The number of hydrogen-bond acceptors (Lipinski definition) is 7. The molecule has 3 rings (SSSR count). The van der Waals surface area contributed by atoms with E-state index in [1.54, 1.807) is 26.0 Å². The van der Waals surface area contributed by atoms with Gasteiger partial charge in [-0.05, 0) is 55.3 Å². The molecule has 158 valence electrons. The van der Waals surface area contributed by atoms with Crippen molar-refractivity contribution in [3.63, 3.8) is 0 Å². The SMILES string of the molecule is Cc1ccc(C)c(S(=O)(=O)Oc2ccc(C(=O)OCC(=O)N3CCNC3=O)cc2)c1. The predicted molar refractivity (Wildman–Crippen MR) is 106 cm³/mol. The summed E-state index contributed by atoms with van der Waals surface area (Å²) < 4.78 is 35.1. The lowest BCUT2D eigenvalue weighted by molar-refractivity contribution is -0.130. The van der Waals surface area contributed by atoms with Gasteiger partial charge in [0.05, 0.1) is 5.56 Å². The molecule has 0 aromatic heterocycles. The minimum absolute atomic E-state index is 0.0253. The molecule has 1 aliphatic heterocycles. The fourth-order valence-corrected chi connectivity index (χ4v) is 4.04. The van der Waals surface area contributed by atoms with Gasteiger partial charge in [-0.2, -0.15) is 8.42 Å². The summed E-state index contributed by atoms with van der Waals surface area (Å²) in [6, 6.07) is 9.76. The van der Waals surface area contributed by atoms with Crippen LogP contribution in [0.1, 0.15) is 21.5 Å². The molecule has 30 heavy (non-hydrogen) atoms. The summed E-state index contributed by atoms with van der Waals surface area (Å²) in [5.41, 5.74) is 1.43. The monoisotopic (exact) mass is 432 g/mol. The lowest BCUT2D eigenvalue weighted by Crippen LogP contribution is -2.37. The zero-order valence-corrected chi connectivity index (χ0v) is 17.2. The van der Waals surface area contributed by atoms with Crippen molar-refractivity contribution in [2.45, 2.75) is 18.7 Å². The maximum Gasteiger partial charge on any atom is 0.339 e. The van der Waals surface area contributed by atoms with Crippen LogP contribution in [0.4, 0.5) is 4.79 Å². The number of hydrogen-bond donors (Lipinski definition) is 1. The average Bonchev–Trinajstić information content (AvgIpc) is 3.14. The first kappa shape index (κ1) is 21.3. The molecule has 0 saturated carbocycles. The molecule has 9 nitrogen and oxygen atoms in total. The van der Waals surface area contributed by atoms with Crippen molar-refractivity contribution in [1.82, 2.24) is 10.2 Å². The Morgan fingerprint density at radius 3 is 2.43 bits per heavy atom. The van der Waals surface area contributed by atoms with Crippen molar-refractivity contribution >= 4 is 28.0 Å². The molecule has 1 aliphatic rings. The number of esters is 1. The van der Waals surface area contributed by atoms with E-state index in [0.29, 0.717) is 12.1 Å². The highest BCUT2D eigenvalue weighted by molar-refractivity contribution is 7.87. The number of ether oxygens (including phenoxy) is 1. The van der Waals surface area contributed by atoms with Crippen molar-refractivity contribution in [3.05, 3.63) is 59.2 Å². The van der Waals surface area contributed by atoms with E-state index < -0.39 is 34.6 Å². The first-order valence-electron chi connectivity index (χ1n) is 9.04. The molecule has 0 radical (unpaired) electrons. The average molecular weight is 432 g/mol. The molecule has 1 saturated heterocycles. The van der Waals surface area contributed by atoms with Gasteiger partial charge in [0.25, 0.3) is 5.91 Å². The zero-order chi connectivity index (χ0) is 21.9. The Hall–Kier alpha value is -3.40. The van der Waals surface area contributed by atoms with Gasteiger partial charge in [-0.25, -0.2) is 9.59 Å². The van der Waals surface area contributed by atoms with Gasteiger partial charge >= 0.3 is 22.1 Å². The molecule has 10 heteroatoms. The fourth-order valence-electron chi connectivity index (χ4n) is 2.79. The van der Waals surface area contributed by atoms with Gasteiger partial charge in [-0.3, -0.25) is 9.69 Å². The number of amides is 3. The van der Waals surface area contributed by atoms with Crippen LogP contribution in [0.15, 0.2) is 47.4 Å². The van der Waals surface area contributed by atoms with Gasteiger partial charge in [0.2, 0.25) is 0 Å². The van der Waals surface area contributed by atoms with Crippen LogP contribution in [-0.2, 0) is 19.6 Å². The van der Waals surface area contributed by atoms with E-state index in [1.165, 1.54) is 30.3 Å². The highest BCUT2D eigenvalue weighted by atomic mass is 32.2. The Balaban J connectivity index is 1.63. The topological polar surface area (TPSA) is 119 Å². The maximum absolute atomic E-state index is 12.5. The van der Waals surface area contributed by atoms with Crippen molar-refractivity contribution in [3.8, 4) is 5.75 Å². The minimum Gasteiger partial charge on any atom is -0.452 e. The number of nitrogens with one attached hydrogen (secondary N) is 1. The number of rotatable bonds is 6. The summed E-state index contributed by atoms with van der Waals surface area (Å²) in [7, 11) is -4.04. The third-order valence-corrected chi connectivity index (χ3v) is 5.78. The van der Waals surface area contributed by atoms with Crippen molar-refractivity contribution in [1.29, 1.82) is 0 Å². The van der Waals surface area contributed by atoms with E-state index >= 15 is 0 Å². The van der Waals surface area contributed by atoms with Gasteiger partial charge in [0, 0.05) is 13.1 Å². The second kappa shape index (κ2) is 8.54. The third kappa shape index (κ3) is 4.77. The summed E-state index contributed by atoms with van der Waals surface area (Å²) in [4.78, 5) is 36.4. The number of aryl methyl sites for hydroxylation is 2. The van der Waals surface area contributed by atoms with Gasteiger partial charge in [0.15, 0.2) is 6.61 Å². The molecule has 0 atom stereocenters. The van der Waals surface area contributed by atoms with Crippen LogP contribution in [-0.4, -0.2) is 50.9 Å². The van der Waals surface area contributed by atoms with Crippen LogP contribution in [0.3, 0.4) is 0 Å². The molecule has 1 fully saturated rings. The fraction of sp³-hybridized carbons (Fsp3) is 0.250. The smallest absolute Gasteiger partial charge is 0.339 e. The summed E-state index contributed by atoms with van der Waals surface area (Å²) in [5.74, 6) is -1.39.